The van der Waals surface area contributed by atoms with Gasteiger partial charge < -0.3 is 30.3 Å². The molecule has 1 aromatic rings. The Morgan fingerprint density at radius 1 is 1.18 bits per heavy atom. The minimum Gasteiger partial charge on any atom is -0.493 e. The number of nitrogens with zero attached hydrogens (tertiary/aromatic N) is 3. The van der Waals surface area contributed by atoms with E-state index in [4.69, 9.17) is 26.8 Å². The second-order valence-electron chi connectivity index (χ2n) is 9.32. The Hall–Kier alpha value is -2.23. The van der Waals surface area contributed by atoms with Gasteiger partial charge in [0.1, 0.15) is 5.75 Å². The molecular formula is C24H36ClN5O4. The number of nitrogens with one attached hydrogen (secondary N) is 1. The maximum Gasteiger partial charge on any atom is 0.319 e. The number of rotatable bonds is 7. The highest BCUT2D eigenvalue weighted by Crippen LogP contribution is 2.29. The lowest BCUT2D eigenvalue weighted by atomic mass is 9.96. The maximum absolute atomic E-state index is 12.8. The molecule has 1 unspecified atom stereocenters. The lowest BCUT2D eigenvalue weighted by Crippen LogP contribution is -2.53. The minimum absolute atomic E-state index is 0.0782. The van der Waals surface area contributed by atoms with E-state index in [0.29, 0.717) is 47.7 Å². The molecule has 3 N–H and O–H groups in total. The largest absolute Gasteiger partial charge is 0.493 e. The normalized spacial score (nSPS) is 21.8. The number of carbonyl (C=O) groups excluding carboxylic acids is 2. The van der Waals surface area contributed by atoms with E-state index in [0.717, 1.165) is 65.1 Å². The van der Waals surface area contributed by atoms with Gasteiger partial charge in [0.25, 0.3) is 5.91 Å². The third-order valence-electron chi connectivity index (χ3n) is 6.88. The van der Waals surface area contributed by atoms with Gasteiger partial charge in [0.2, 0.25) is 0 Å². The summed E-state index contributed by atoms with van der Waals surface area (Å²) in [5.41, 5.74) is 6.60. The molecule has 9 nitrogen and oxygen atoms in total. The zero-order valence-electron chi connectivity index (χ0n) is 19.9. The number of amides is 3. The molecule has 3 aliphatic rings. The molecule has 0 spiro atoms. The lowest BCUT2D eigenvalue weighted by molar-refractivity contribution is -0.0333. The predicted octanol–water partition coefficient (Wildman–Crippen LogP) is 2.29. The van der Waals surface area contributed by atoms with Gasteiger partial charge in [-0.05, 0) is 38.2 Å². The molecule has 0 saturated carbocycles. The summed E-state index contributed by atoms with van der Waals surface area (Å²) in [5.74, 6) is 0.747. The first kappa shape index (κ1) is 24.9. The first-order valence-electron chi connectivity index (χ1n) is 12.3. The molecule has 34 heavy (non-hydrogen) atoms. The molecule has 1 atom stereocenters. The van der Waals surface area contributed by atoms with Crippen molar-refractivity contribution in [1.82, 2.24) is 20.0 Å². The van der Waals surface area contributed by atoms with Crippen LogP contribution in [0.15, 0.2) is 12.1 Å². The predicted molar refractivity (Wildman–Crippen MR) is 131 cm³/mol. The van der Waals surface area contributed by atoms with Crippen molar-refractivity contribution in [1.29, 1.82) is 0 Å². The molecule has 0 bridgehead atoms. The van der Waals surface area contributed by atoms with Crippen molar-refractivity contribution in [2.45, 2.75) is 32.3 Å². The van der Waals surface area contributed by atoms with E-state index in [-0.39, 0.29) is 18.0 Å². The van der Waals surface area contributed by atoms with Gasteiger partial charge in [-0.2, -0.15) is 0 Å². The van der Waals surface area contributed by atoms with Gasteiger partial charge in [-0.3, -0.25) is 9.69 Å². The van der Waals surface area contributed by atoms with E-state index in [1.165, 1.54) is 0 Å². The Kier molecular flexibility index (Phi) is 8.39. The van der Waals surface area contributed by atoms with E-state index in [1.807, 2.05) is 16.7 Å². The number of ether oxygens (including phenoxy) is 2. The molecule has 1 aromatic carbocycles. The van der Waals surface area contributed by atoms with Crippen LogP contribution in [0.25, 0.3) is 0 Å². The van der Waals surface area contributed by atoms with Crippen LogP contribution >= 0.6 is 11.6 Å². The number of likely N-dealkylation sites (tertiary alicyclic amines) is 2. The Morgan fingerprint density at radius 3 is 2.59 bits per heavy atom. The number of nitrogen functional groups attached to an aromatic ring is 1. The second-order valence-corrected chi connectivity index (χ2v) is 9.73. The molecule has 3 amide bonds. The lowest BCUT2D eigenvalue weighted by Gasteiger charge is -2.41. The summed E-state index contributed by atoms with van der Waals surface area (Å²) >= 11 is 6.13. The number of nitrogens with two attached hydrogens (primary N) is 1. The van der Waals surface area contributed by atoms with E-state index in [9.17, 15) is 9.59 Å². The number of anilines is 1. The summed E-state index contributed by atoms with van der Waals surface area (Å²) in [6, 6.07) is 3.34. The summed E-state index contributed by atoms with van der Waals surface area (Å²) < 4.78 is 11.5. The summed E-state index contributed by atoms with van der Waals surface area (Å²) in [6.45, 7) is 9.49. The summed E-state index contributed by atoms with van der Waals surface area (Å²) in [4.78, 5) is 31.6. The summed E-state index contributed by atoms with van der Waals surface area (Å²) in [7, 11) is 0. The van der Waals surface area contributed by atoms with Gasteiger partial charge in [0.05, 0.1) is 35.6 Å². The third kappa shape index (κ3) is 6.06. The van der Waals surface area contributed by atoms with Crippen molar-refractivity contribution >= 4 is 29.2 Å². The molecule has 0 aliphatic carbocycles. The van der Waals surface area contributed by atoms with Crippen LogP contribution in [0, 0.1) is 5.92 Å². The zero-order chi connectivity index (χ0) is 24.1. The number of benzene rings is 1. The number of hydrogen-bond acceptors (Lipinski definition) is 6. The van der Waals surface area contributed by atoms with Gasteiger partial charge in [-0.15, -0.1) is 0 Å². The number of morpholine rings is 1. The molecule has 0 aromatic heterocycles. The van der Waals surface area contributed by atoms with E-state index in [2.05, 4.69) is 10.2 Å². The highest BCUT2D eigenvalue weighted by atomic mass is 35.5. The van der Waals surface area contributed by atoms with Crippen molar-refractivity contribution in [3.8, 4) is 5.75 Å². The number of urea groups is 1. The van der Waals surface area contributed by atoms with Crippen molar-refractivity contribution in [3.05, 3.63) is 22.7 Å². The van der Waals surface area contributed by atoms with Gasteiger partial charge in [-0.1, -0.05) is 11.6 Å². The monoisotopic (exact) mass is 493 g/mol. The fourth-order valence-corrected chi connectivity index (χ4v) is 4.94. The van der Waals surface area contributed by atoms with Gasteiger partial charge in [0, 0.05) is 58.4 Å². The number of piperidine rings is 1. The van der Waals surface area contributed by atoms with Crippen molar-refractivity contribution in [3.63, 3.8) is 0 Å². The molecule has 188 valence electrons. The van der Waals surface area contributed by atoms with Crippen molar-refractivity contribution < 1.29 is 19.1 Å². The fraction of sp³-hybridized carbons (Fsp3) is 0.667. The maximum atomic E-state index is 12.8. The molecule has 4 rings (SSSR count). The molecule has 3 heterocycles. The van der Waals surface area contributed by atoms with E-state index >= 15 is 0 Å². The smallest absolute Gasteiger partial charge is 0.319 e. The molecule has 3 aliphatic heterocycles. The zero-order valence-corrected chi connectivity index (χ0v) is 20.7. The van der Waals surface area contributed by atoms with Crippen LogP contribution in [0.5, 0.6) is 5.75 Å². The SMILES string of the molecule is CCOc1cc(N)c(Cl)cc1C(=O)NCC1CN(CC2CCN(C(=O)N3CCC3)CC2)CCO1. The van der Waals surface area contributed by atoms with Crippen LogP contribution < -0.4 is 15.8 Å². The Labute approximate surface area is 206 Å². The summed E-state index contributed by atoms with van der Waals surface area (Å²) in [6.07, 6.45) is 3.13. The Balaban J connectivity index is 1.23. The number of halogens is 1. The van der Waals surface area contributed by atoms with Gasteiger partial charge in [0.15, 0.2) is 0 Å². The Morgan fingerprint density at radius 2 is 1.91 bits per heavy atom. The van der Waals surface area contributed by atoms with Crippen molar-refractivity contribution in [2.75, 3.05) is 71.3 Å². The Bertz CT molecular complexity index is 873. The van der Waals surface area contributed by atoms with Crippen LogP contribution in [0.1, 0.15) is 36.5 Å². The van der Waals surface area contributed by atoms with Crippen LogP contribution in [0.3, 0.4) is 0 Å². The average molecular weight is 494 g/mol. The van der Waals surface area contributed by atoms with Crippen LogP contribution in [0.2, 0.25) is 5.02 Å². The standard InChI is InChI=1S/C24H36ClN5O4/c1-2-33-22-13-21(26)20(25)12-19(22)23(31)27-14-18-16-28(10-11-34-18)15-17-4-8-30(9-5-17)24(32)29-6-3-7-29/h12-13,17-18H,2-11,14-16,26H2,1H3,(H,27,31). The minimum atomic E-state index is -0.259. The van der Waals surface area contributed by atoms with Crippen molar-refractivity contribution in [2.24, 2.45) is 5.92 Å². The van der Waals surface area contributed by atoms with E-state index < -0.39 is 0 Å². The highest BCUT2D eigenvalue weighted by Gasteiger charge is 2.30. The van der Waals surface area contributed by atoms with Crippen LogP contribution in [-0.2, 0) is 4.74 Å². The first-order valence-corrected chi connectivity index (χ1v) is 12.7. The highest BCUT2D eigenvalue weighted by molar-refractivity contribution is 6.33. The van der Waals surface area contributed by atoms with Crippen LogP contribution in [0.4, 0.5) is 10.5 Å². The summed E-state index contributed by atoms with van der Waals surface area (Å²) in [5, 5.41) is 3.28. The quantitative estimate of drug-likeness (QED) is 0.565. The first-order chi connectivity index (χ1) is 16.4. The van der Waals surface area contributed by atoms with Gasteiger partial charge >= 0.3 is 6.03 Å². The second kappa shape index (κ2) is 11.5. The molecule has 10 heteroatoms. The topological polar surface area (TPSA) is 100 Å². The van der Waals surface area contributed by atoms with Gasteiger partial charge in [-0.25, -0.2) is 4.79 Å². The molecular weight excluding hydrogens is 458 g/mol. The molecule has 3 saturated heterocycles. The number of hydrogen-bond donors (Lipinski definition) is 2. The average Bonchev–Trinajstić information content (AvgIpc) is 2.79. The van der Waals surface area contributed by atoms with Crippen LogP contribution in [-0.4, -0.2) is 98.3 Å². The third-order valence-corrected chi connectivity index (χ3v) is 7.21. The van der Waals surface area contributed by atoms with E-state index in [1.54, 1.807) is 12.1 Å². The fourth-order valence-electron chi connectivity index (χ4n) is 4.77. The number of carbonyl (C=O) groups is 2. The molecule has 0 radical (unpaired) electrons. The molecule has 3 fully saturated rings.